The molecule has 0 aliphatic heterocycles. The molecule has 1 fully saturated rings. The van der Waals surface area contributed by atoms with Crippen molar-refractivity contribution in [2.24, 2.45) is 0 Å². The Morgan fingerprint density at radius 3 is 2.14 bits per heavy atom. The van der Waals surface area contributed by atoms with Crippen LogP contribution in [0.4, 0.5) is 5.69 Å². The molecule has 1 saturated carbocycles. The van der Waals surface area contributed by atoms with E-state index in [1.165, 1.54) is 36.9 Å². The van der Waals surface area contributed by atoms with E-state index in [0.717, 1.165) is 13.2 Å². The van der Waals surface area contributed by atoms with Gasteiger partial charge in [-0.2, -0.15) is 0 Å². The number of ether oxygens (including phenoxy) is 1. The van der Waals surface area contributed by atoms with Gasteiger partial charge in [0, 0.05) is 31.4 Å². The number of hydrogen-bond donors (Lipinski definition) is 2. The van der Waals surface area contributed by atoms with E-state index < -0.39 is 0 Å². The summed E-state index contributed by atoms with van der Waals surface area (Å²) < 4.78 is 5.09. The number of rotatable bonds is 6. The van der Waals surface area contributed by atoms with Crippen molar-refractivity contribution in [3.05, 3.63) is 29.8 Å². The highest BCUT2D eigenvalue weighted by atomic mass is 16.5. The normalized spacial score (nSPS) is 22.5. The summed E-state index contributed by atoms with van der Waals surface area (Å²) in [4.78, 5) is 0. The van der Waals surface area contributed by atoms with Gasteiger partial charge in [0.1, 0.15) is 0 Å². The van der Waals surface area contributed by atoms with Gasteiger partial charge < -0.3 is 15.4 Å². The van der Waals surface area contributed by atoms with Crippen molar-refractivity contribution >= 4 is 5.69 Å². The maximum Gasteiger partial charge on any atom is 0.0587 e. The Bertz CT molecular complexity index is 428. The zero-order valence-corrected chi connectivity index (χ0v) is 14.6. The number of nitrogens with one attached hydrogen (secondary N) is 2. The second-order valence-corrected chi connectivity index (χ2v) is 7.47. The maximum absolute atomic E-state index is 5.09. The van der Waals surface area contributed by atoms with Crippen LogP contribution in [0.15, 0.2) is 24.3 Å². The minimum atomic E-state index is 0.227. The zero-order chi connectivity index (χ0) is 16.0. The lowest BCUT2D eigenvalue weighted by molar-refractivity contribution is 0.191. The molecule has 1 aliphatic carbocycles. The van der Waals surface area contributed by atoms with E-state index in [9.17, 15) is 0 Å². The van der Waals surface area contributed by atoms with Crippen molar-refractivity contribution in [2.75, 3.05) is 25.6 Å². The lowest BCUT2D eigenvalue weighted by Gasteiger charge is -2.30. The molecule has 0 spiro atoms. The molecule has 22 heavy (non-hydrogen) atoms. The van der Waals surface area contributed by atoms with Crippen molar-refractivity contribution in [1.29, 1.82) is 0 Å². The first-order valence-electron chi connectivity index (χ1n) is 8.58. The molecule has 124 valence electrons. The first kappa shape index (κ1) is 17.3. The van der Waals surface area contributed by atoms with Crippen molar-refractivity contribution in [3.63, 3.8) is 0 Å². The molecule has 0 heterocycles. The molecule has 3 heteroatoms. The summed E-state index contributed by atoms with van der Waals surface area (Å²) in [7, 11) is 1.76. The van der Waals surface area contributed by atoms with Crippen LogP contribution in [-0.2, 0) is 10.2 Å². The van der Waals surface area contributed by atoms with E-state index in [4.69, 9.17) is 4.74 Å². The molecule has 0 saturated heterocycles. The van der Waals surface area contributed by atoms with Gasteiger partial charge in [-0.25, -0.2) is 0 Å². The first-order valence-corrected chi connectivity index (χ1v) is 8.58. The third-order valence-corrected chi connectivity index (χ3v) is 4.59. The average molecular weight is 304 g/mol. The van der Waals surface area contributed by atoms with Gasteiger partial charge in [-0.3, -0.25) is 0 Å². The Morgan fingerprint density at radius 2 is 1.59 bits per heavy atom. The van der Waals surface area contributed by atoms with Crippen LogP contribution in [0.3, 0.4) is 0 Å². The SMILES string of the molecule is COCCNC1CCC(Nc2ccc(C(C)(C)C)cc2)CC1. The number of benzene rings is 1. The summed E-state index contributed by atoms with van der Waals surface area (Å²) in [6.45, 7) is 8.54. The van der Waals surface area contributed by atoms with E-state index in [1.54, 1.807) is 7.11 Å². The molecular formula is C19H32N2O. The standard InChI is InChI=1S/C19H32N2O/c1-19(2,3)15-5-7-17(8-6-15)21-18-11-9-16(10-12-18)20-13-14-22-4/h5-8,16,18,20-21H,9-14H2,1-4H3. The van der Waals surface area contributed by atoms with Crippen molar-refractivity contribution in [3.8, 4) is 0 Å². The Kier molecular flexibility index (Phi) is 6.27. The molecule has 3 nitrogen and oxygen atoms in total. The predicted molar refractivity (Wildman–Crippen MR) is 94.7 cm³/mol. The number of hydrogen-bond acceptors (Lipinski definition) is 3. The molecule has 0 unspecified atom stereocenters. The topological polar surface area (TPSA) is 33.3 Å². The van der Waals surface area contributed by atoms with E-state index in [0.29, 0.717) is 12.1 Å². The zero-order valence-electron chi connectivity index (χ0n) is 14.6. The van der Waals surface area contributed by atoms with Crippen LogP contribution in [0.5, 0.6) is 0 Å². The lowest BCUT2D eigenvalue weighted by atomic mass is 9.87. The van der Waals surface area contributed by atoms with Crippen LogP contribution < -0.4 is 10.6 Å². The second kappa shape index (κ2) is 7.98. The van der Waals surface area contributed by atoms with Gasteiger partial charge in [0.2, 0.25) is 0 Å². The summed E-state index contributed by atoms with van der Waals surface area (Å²) in [5.74, 6) is 0. The van der Waals surface area contributed by atoms with Crippen LogP contribution in [0.2, 0.25) is 0 Å². The fourth-order valence-electron chi connectivity index (χ4n) is 3.11. The summed E-state index contributed by atoms with van der Waals surface area (Å²) in [5.41, 5.74) is 2.87. The summed E-state index contributed by atoms with van der Waals surface area (Å²) in [6, 6.07) is 10.2. The minimum Gasteiger partial charge on any atom is -0.383 e. The molecule has 0 bridgehead atoms. The van der Waals surface area contributed by atoms with Gasteiger partial charge in [0.05, 0.1) is 6.61 Å². The predicted octanol–water partition coefficient (Wildman–Crippen LogP) is 3.94. The first-order chi connectivity index (χ1) is 10.5. The van der Waals surface area contributed by atoms with Crippen LogP contribution in [0.25, 0.3) is 0 Å². The van der Waals surface area contributed by atoms with Crippen molar-refractivity contribution in [1.82, 2.24) is 5.32 Å². The van der Waals surface area contributed by atoms with E-state index in [2.05, 4.69) is 55.7 Å². The van der Waals surface area contributed by atoms with Crippen LogP contribution >= 0.6 is 0 Å². The highest BCUT2D eigenvalue weighted by molar-refractivity contribution is 5.46. The van der Waals surface area contributed by atoms with Gasteiger partial charge >= 0.3 is 0 Å². The maximum atomic E-state index is 5.09. The summed E-state index contributed by atoms with van der Waals surface area (Å²) in [5, 5.41) is 7.27. The highest BCUT2D eigenvalue weighted by Gasteiger charge is 2.20. The van der Waals surface area contributed by atoms with E-state index in [-0.39, 0.29) is 5.41 Å². The third kappa shape index (κ3) is 5.29. The highest BCUT2D eigenvalue weighted by Crippen LogP contribution is 2.26. The smallest absolute Gasteiger partial charge is 0.0587 e. The molecule has 0 atom stereocenters. The fourth-order valence-corrected chi connectivity index (χ4v) is 3.11. The van der Waals surface area contributed by atoms with Crippen LogP contribution in [0.1, 0.15) is 52.0 Å². The molecule has 0 radical (unpaired) electrons. The number of methoxy groups -OCH3 is 1. The number of anilines is 1. The quantitative estimate of drug-likeness (QED) is 0.781. The summed E-state index contributed by atoms with van der Waals surface area (Å²) >= 11 is 0. The van der Waals surface area contributed by atoms with Crippen LogP contribution in [-0.4, -0.2) is 32.3 Å². The van der Waals surface area contributed by atoms with Crippen molar-refractivity contribution in [2.45, 2.75) is 64.0 Å². The van der Waals surface area contributed by atoms with Crippen molar-refractivity contribution < 1.29 is 4.74 Å². The fraction of sp³-hybridized carbons (Fsp3) is 0.684. The molecular weight excluding hydrogens is 272 g/mol. The molecule has 1 aromatic carbocycles. The lowest BCUT2D eigenvalue weighted by Crippen LogP contribution is -2.38. The Morgan fingerprint density at radius 1 is 1.00 bits per heavy atom. The van der Waals surface area contributed by atoms with Gasteiger partial charge in [0.15, 0.2) is 0 Å². The minimum absolute atomic E-state index is 0.227. The summed E-state index contributed by atoms with van der Waals surface area (Å²) in [6.07, 6.45) is 4.99. The monoisotopic (exact) mass is 304 g/mol. The molecule has 1 aliphatic rings. The van der Waals surface area contributed by atoms with Gasteiger partial charge in [-0.1, -0.05) is 32.9 Å². The Hall–Kier alpha value is -1.06. The van der Waals surface area contributed by atoms with Gasteiger partial charge in [-0.15, -0.1) is 0 Å². The second-order valence-electron chi connectivity index (χ2n) is 7.47. The molecule has 2 rings (SSSR count). The molecule has 1 aromatic rings. The van der Waals surface area contributed by atoms with E-state index in [1.807, 2.05) is 0 Å². The van der Waals surface area contributed by atoms with E-state index >= 15 is 0 Å². The molecule has 0 aromatic heterocycles. The Balaban J connectivity index is 1.76. The average Bonchev–Trinajstić information content (AvgIpc) is 2.49. The Labute approximate surface area is 135 Å². The molecule has 0 amide bonds. The molecule has 2 N–H and O–H groups in total. The van der Waals surface area contributed by atoms with Gasteiger partial charge in [-0.05, 0) is 48.8 Å². The van der Waals surface area contributed by atoms with Gasteiger partial charge in [0.25, 0.3) is 0 Å². The third-order valence-electron chi connectivity index (χ3n) is 4.59. The largest absolute Gasteiger partial charge is 0.383 e. The van der Waals surface area contributed by atoms with Crippen LogP contribution in [0, 0.1) is 0 Å².